The van der Waals surface area contributed by atoms with Crippen LogP contribution in [0.3, 0.4) is 0 Å². The molecule has 0 spiro atoms. The Hall–Kier alpha value is -1.93. The molecule has 2 rings (SSSR count). The van der Waals surface area contributed by atoms with Gasteiger partial charge in [0.2, 0.25) is 0 Å². The Bertz CT molecular complexity index is 611. The van der Waals surface area contributed by atoms with E-state index < -0.39 is 17.5 Å². The summed E-state index contributed by atoms with van der Waals surface area (Å²) in [5.41, 5.74) is -4.16. The van der Waals surface area contributed by atoms with Gasteiger partial charge in [-0.3, -0.25) is 4.79 Å². The minimum absolute atomic E-state index is 0.000305. The molecule has 0 saturated heterocycles. The number of alkyl halides is 3. The second-order valence-electron chi connectivity index (χ2n) is 4.31. The number of carbonyl (C=O) groups is 1. The molecular weight excluding hydrogens is 319 g/mol. The van der Waals surface area contributed by atoms with Crippen LogP contribution in [0, 0.1) is 0 Å². The van der Waals surface area contributed by atoms with Crippen molar-refractivity contribution in [2.75, 3.05) is 6.54 Å². The molecule has 2 N–H and O–H groups in total. The summed E-state index contributed by atoms with van der Waals surface area (Å²) in [6.07, 6.45) is 0.413. The van der Waals surface area contributed by atoms with Gasteiger partial charge in [-0.25, -0.2) is 0 Å². The summed E-state index contributed by atoms with van der Waals surface area (Å²) in [4.78, 5) is 11.8. The molecular formula is C14H12F3NO3S. The van der Waals surface area contributed by atoms with Crippen molar-refractivity contribution in [1.29, 1.82) is 0 Å². The summed E-state index contributed by atoms with van der Waals surface area (Å²) < 4.78 is 41.6. The van der Waals surface area contributed by atoms with Gasteiger partial charge in [-0.05, 0) is 48.2 Å². The first-order chi connectivity index (χ1) is 10.3. The van der Waals surface area contributed by atoms with E-state index in [0.717, 1.165) is 0 Å². The van der Waals surface area contributed by atoms with E-state index in [1.807, 2.05) is 0 Å². The number of carbonyl (C=O) groups excluding carboxylic acids is 1. The topological polar surface area (TPSA) is 62.5 Å². The Kier molecular flexibility index (Phi) is 5.15. The van der Waals surface area contributed by atoms with E-state index in [1.54, 1.807) is 12.1 Å². The lowest BCUT2D eigenvalue weighted by Gasteiger charge is -2.10. The number of aliphatic hydroxyl groups excluding tert-OH is 1. The first kappa shape index (κ1) is 16.4. The van der Waals surface area contributed by atoms with Crippen LogP contribution in [0.15, 0.2) is 52.0 Å². The molecule has 1 unspecified atom stereocenters. The van der Waals surface area contributed by atoms with Crippen molar-refractivity contribution >= 4 is 17.7 Å². The zero-order valence-electron chi connectivity index (χ0n) is 11.1. The van der Waals surface area contributed by atoms with Crippen molar-refractivity contribution in [2.45, 2.75) is 16.5 Å². The Morgan fingerprint density at radius 2 is 1.95 bits per heavy atom. The highest BCUT2D eigenvalue weighted by atomic mass is 32.2. The lowest BCUT2D eigenvalue weighted by atomic mass is 10.2. The predicted octanol–water partition coefficient (Wildman–Crippen LogP) is 3.35. The normalized spacial score (nSPS) is 12.9. The van der Waals surface area contributed by atoms with Crippen LogP contribution in [0.25, 0.3) is 0 Å². The average molecular weight is 331 g/mol. The highest BCUT2D eigenvalue weighted by Crippen LogP contribution is 2.36. The lowest BCUT2D eigenvalue weighted by Crippen LogP contribution is -2.28. The first-order valence-corrected chi connectivity index (χ1v) is 7.02. The van der Waals surface area contributed by atoms with Gasteiger partial charge in [0.05, 0.1) is 12.8 Å². The molecule has 2 aromatic rings. The Balaban J connectivity index is 1.90. The van der Waals surface area contributed by atoms with Crippen LogP contribution in [0.2, 0.25) is 0 Å². The van der Waals surface area contributed by atoms with Crippen LogP contribution in [0.4, 0.5) is 13.2 Å². The number of nitrogens with one attached hydrogen (secondary N) is 1. The molecule has 0 aliphatic rings. The second-order valence-corrected chi connectivity index (χ2v) is 5.45. The molecule has 0 bridgehead atoms. The fraction of sp³-hybridized carbons (Fsp3) is 0.214. The summed E-state index contributed by atoms with van der Waals surface area (Å²) in [5.74, 6) is -0.175. The quantitative estimate of drug-likeness (QED) is 0.825. The van der Waals surface area contributed by atoms with Gasteiger partial charge in [-0.15, -0.1) is 0 Å². The third kappa shape index (κ3) is 4.81. The average Bonchev–Trinajstić information content (AvgIpc) is 2.97. The van der Waals surface area contributed by atoms with E-state index in [1.165, 1.54) is 30.5 Å². The highest BCUT2D eigenvalue weighted by Gasteiger charge is 2.29. The van der Waals surface area contributed by atoms with E-state index in [4.69, 9.17) is 4.42 Å². The number of thioether (sulfide) groups is 1. The predicted molar refractivity (Wildman–Crippen MR) is 74.4 cm³/mol. The molecule has 1 atom stereocenters. The van der Waals surface area contributed by atoms with E-state index in [-0.39, 0.29) is 28.8 Å². The SMILES string of the molecule is O=C(NCC(O)c1ccco1)c1ccc(SC(F)(F)F)cc1. The smallest absolute Gasteiger partial charge is 0.446 e. The molecule has 1 amide bonds. The number of hydrogen-bond donors (Lipinski definition) is 2. The van der Waals surface area contributed by atoms with Crippen LogP contribution in [0.1, 0.15) is 22.2 Å². The van der Waals surface area contributed by atoms with Gasteiger partial charge in [0, 0.05) is 10.5 Å². The van der Waals surface area contributed by atoms with E-state index in [0.29, 0.717) is 5.76 Å². The van der Waals surface area contributed by atoms with Crippen molar-refractivity contribution in [3.05, 3.63) is 54.0 Å². The molecule has 0 saturated carbocycles. The number of aliphatic hydroxyl groups is 1. The summed E-state index contributed by atoms with van der Waals surface area (Å²) in [6.45, 7) is -0.0641. The molecule has 1 aromatic carbocycles. The molecule has 0 radical (unpaired) electrons. The number of hydrogen-bond acceptors (Lipinski definition) is 4. The Morgan fingerprint density at radius 3 is 2.50 bits per heavy atom. The monoisotopic (exact) mass is 331 g/mol. The maximum absolute atomic E-state index is 12.2. The summed E-state index contributed by atoms with van der Waals surface area (Å²) in [5, 5.41) is 12.2. The maximum Gasteiger partial charge on any atom is 0.446 e. The van der Waals surface area contributed by atoms with Crippen molar-refractivity contribution in [1.82, 2.24) is 5.32 Å². The van der Waals surface area contributed by atoms with Crippen LogP contribution in [-0.4, -0.2) is 23.1 Å². The fourth-order valence-corrected chi connectivity index (χ4v) is 2.22. The molecule has 0 aliphatic carbocycles. The molecule has 1 aromatic heterocycles. The summed E-state index contributed by atoms with van der Waals surface area (Å²) in [7, 11) is 0. The number of benzene rings is 1. The summed E-state index contributed by atoms with van der Waals surface area (Å²) in [6, 6.07) is 8.20. The van der Waals surface area contributed by atoms with E-state index in [9.17, 15) is 23.1 Å². The minimum atomic E-state index is -4.36. The van der Waals surface area contributed by atoms with Gasteiger partial charge in [0.15, 0.2) is 0 Å². The molecule has 0 fully saturated rings. The van der Waals surface area contributed by atoms with Gasteiger partial charge in [0.25, 0.3) is 5.91 Å². The van der Waals surface area contributed by atoms with Crippen LogP contribution in [0.5, 0.6) is 0 Å². The van der Waals surface area contributed by atoms with Crippen molar-refractivity contribution in [2.24, 2.45) is 0 Å². The highest BCUT2D eigenvalue weighted by molar-refractivity contribution is 8.00. The largest absolute Gasteiger partial charge is 0.467 e. The zero-order chi connectivity index (χ0) is 16.2. The summed E-state index contributed by atoms with van der Waals surface area (Å²) >= 11 is -0.246. The Labute approximate surface area is 128 Å². The van der Waals surface area contributed by atoms with E-state index in [2.05, 4.69) is 5.32 Å². The molecule has 8 heteroatoms. The number of amides is 1. The van der Waals surface area contributed by atoms with Gasteiger partial charge >= 0.3 is 5.51 Å². The van der Waals surface area contributed by atoms with Gasteiger partial charge in [-0.1, -0.05) is 0 Å². The molecule has 0 aliphatic heterocycles. The zero-order valence-corrected chi connectivity index (χ0v) is 11.9. The van der Waals surface area contributed by atoms with Crippen LogP contribution in [-0.2, 0) is 0 Å². The fourth-order valence-electron chi connectivity index (χ4n) is 1.68. The van der Waals surface area contributed by atoms with Crippen molar-refractivity contribution in [3.8, 4) is 0 Å². The molecule has 118 valence electrons. The van der Waals surface area contributed by atoms with Gasteiger partial charge in [-0.2, -0.15) is 13.2 Å². The molecule has 4 nitrogen and oxygen atoms in total. The number of furan rings is 1. The third-order valence-corrected chi connectivity index (χ3v) is 3.42. The van der Waals surface area contributed by atoms with Gasteiger partial charge < -0.3 is 14.8 Å². The standard InChI is InChI=1S/C14H12F3NO3S/c15-14(16,17)22-10-5-3-9(4-6-10)13(20)18-8-11(19)12-2-1-7-21-12/h1-7,11,19H,8H2,(H,18,20). The minimum Gasteiger partial charge on any atom is -0.467 e. The van der Waals surface area contributed by atoms with Crippen LogP contribution < -0.4 is 5.32 Å². The van der Waals surface area contributed by atoms with Gasteiger partial charge in [0.1, 0.15) is 11.9 Å². The second kappa shape index (κ2) is 6.89. The third-order valence-electron chi connectivity index (χ3n) is 2.68. The first-order valence-electron chi connectivity index (χ1n) is 6.20. The van der Waals surface area contributed by atoms with Crippen molar-refractivity contribution in [3.63, 3.8) is 0 Å². The maximum atomic E-state index is 12.2. The number of rotatable bonds is 5. The van der Waals surface area contributed by atoms with Crippen LogP contribution >= 0.6 is 11.8 Å². The van der Waals surface area contributed by atoms with Crippen molar-refractivity contribution < 1.29 is 27.5 Å². The number of halogens is 3. The molecule has 22 heavy (non-hydrogen) atoms. The lowest BCUT2D eigenvalue weighted by molar-refractivity contribution is -0.0328. The Morgan fingerprint density at radius 1 is 1.27 bits per heavy atom. The van der Waals surface area contributed by atoms with E-state index >= 15 is 0 Å². The molecule has 1 heterocycles.